The maximum atomic E-state index is 13.1. The number of alkyl halides is 6. The number of aromatic nitrogens is 3. The summed E-state index contributed by atoms with van der Waals surface area (Å²) in [5, 5.41) is 5.95. The highest BCUT2D eigenvalue weighted by atomic mass is 19.4. The van der Waals surface area contributed by atoms with Crippen molar-refractivity contribution >= 4 is 17.2 Å². The third-order valence-corrected chi connectivity index (χ3v) is 3.42. The Labute approximate surface area is 152 Å². The molecule has 12 heteroatoms. The molecule has 148 valence electrons. The Kier molecular flexibility index (Phi) is 4.65. The number of carbonyl (C=O) groups excluding carboxylic acids is 1. The summed E-state index contributed by atoms with van der Waals surface area (Å²) in [4.78, 5) is 16.1. The van der Waals surface area contributed by atoms with Gasteiger partial charge in [-0.3, -0.25) is 4.79 Å². The summed E-state index contributed by atoms with van der Waals surface area (Å²) >= 11 is 0. The lowest BCUT2D eigenvalue weighted by molar-refractivity contribution is -0.274. The third kappa shape index (κ3) is 4.32. The van der Waals surface area contributed by atoms with Crippen molar-refractivity contribution in [3.63, 3.8) is 0 Å². The maximum Gasteiger partial charge on any atom is 0.573 e. The monoisotopic (exact) mass is 404 g/mol. The molecule has 3 rings (SSSR count). The van der Waals surface area contributed by atoms with Crippen molar-refractivity contribution in [2.24, 2.45) is 0 Å². The number of nitrogens with zero attached hydrogens (tertiary/aromatic N) is 3. The van der Waals surface area contributed by atoms with Crippen molar-refractivity contribution < 1.29 is 35.9 Å². The van der Waals surface area contributed by atoms with Crippen molar-refractivity contribution in [1.82, 2.24) is 14.6 Å². The molecule has 0 saturated heterocycles. The van der Waals surface area contributed by atoms with Crippen LogP contribution in [0.15, 0.2) is 36.4 Å². The fourth-order valence-corrected chi connectivity index (χ4v) is 2.35. The SMILES string of the molecule is Cc1cc(C(F)(F)F)n2nc(C(=O)Nc3ccc(OC(F)(F)F)cc3)cc2n1. The molecule has 0 spiro atoms. The van der Waals surface area contributed by atoms with Crippen LogP contribution in [-0.2, 0) is 6.18 Å². The molecule has 0 unspecified atom stereocenters. The van der Waals surface area contributed by atoms with Crippen molar-refractivity contribution in [2.75, 3.05) is 5.32 Å². The predicted octanol–water partition coefficient (Wildman–Crippen LogP) is 4.21. The quantitative estimate of drug-likeness (QED) is 0.665. The molecule has 0 fully saturated rings. The first-order valence-corrected chi connectivity index (χ1v) is 7.54. The molecule has 0 aliphatic rings. The number of hydrogen-bond acceptors (Lipinski definition) is 4. The Hall–Kier alpha value is -3.31. The number of carbonyl (C=O) groups is 1. The average Bonchev–Trinajstić information content (AvgIpc) is 2.97. The number of halogens is 6. The topological polar surface area (TPSA) is 68.5 Å². The Morgan fingerprint density at radius 1 is 1.07 bits per heavy atom. The van der Waals surface area contributed by atoms with E-state index in [1.165, 1.54) is 6.92 Å². The zero-order valence-corrected chi connectivity index (χ0v) is 13.9. The van der Waals surface area contributed by atoms with Crippen molar-refractivity contribution in [1.29, 1.82) is 0 Å². The van der Waals surface area contributed by atoms with E-state index in [1.54, 1.807) is 0 Å². The van der Waals surface area contributed by atoms with Crippen LogP contribution < -0.4 is 10.1 Å². The minimum atomic E-state index is -4.86. The molecule has 0 bridgehead atoms. The van der Waals surface area contributed by atoms with Crippen LogP contribution >= 0.6 is 0 Å². The molecule has 0 aliphatic carbocycles. The summed E-state index contributed by atoms with van der Waals surface area (Å²) in [6, 6.07) is 6.08. The number of hydrogen-bond donors (Lipinski definition) is 1. The van der Waals surface area contributed by atoms with Crippen LogP contribution in [0.5, 0.6) is 5.75 Å². The number of rotatable bonds is 3. The summed E-state index contributed by atoms with van der Waals surface area (Å²) in [5.74, 6) is -1.35. The molecule has 3 aromatic rings. The van der Waals surface area contributed by atoms with E-state index in [0.717, 1.165) is 36.4 Å². The highest BCUT2D eigenvalue weighted by Crippen LogP contribution is 2.30. The van der Waals surface area contributed by atoms with Gasteiger partial charge in [-0.2, -0.15) is 18.3 Å². The molecule has 6 nitrogen and oxygen atoms in total. The lowest BCUT2D eigenvalue weighted by atomic mass is 10.3. The van der Waals surface area contributed by atoms with Gasteiger partial charge in [0.05, 0.1) is 0 Å². The minimum Gasteiger partial charge on any atom is -0.406 e. The van der Waals surface area contributed by atoms with Crippen LogP contribution in [0.25, 0.3) is 5.65 Å². The lowest BCUT2D eigenvalue weighted by Crippen LogP contribution is -2.17. The summed E-state index contributed by atoms with van der Waals surface area (Å²) in [5.41, 5.74) is -1.43. The molecular formula is C16H10F6N4O2. The molecule has 0 aliphatic heterocycles. The average molecular weight is 404 g/mol. The highest BCUT2D eigenvalue weighted by molar-refractivity contribution is 6.03. The normalized spacial score (nSPS) is 12.2. The molecular weight excluding hydrogens is 394 g/mol. The van der Waals surface area contributed by atoms with Gasteiger partial charge in [0.25, 0.3) is 5.91 Å². The standard InChI is InChI=1S/C16H10F6N4O2/c1-8-6-12(15(17,18)19)26-13(23-8)7-11(25-26)14(27)24-9-2-4-10(5-3-9)28-16(20,21)22/h2-7H,1H3,(H,24,27). The number of nitrogens with one attached hydrogen (secondary N) is 1. The number of benzene rings is 1. The third-order valence-electron chi connectivity index (χ3n) is 3.42. The first-order chi connectivity index (χ1) is 12.9. The van der Waals surface area contributed by atoms with Gasteiger partial charge >= 0.3 is 12.5 Å². The van der Waals surface area contributed by atoms with Crippen LogP contribution in [0.3, 0.4) is 0 Å². The van der Waals surface area contributed by atoms with Gasteiger partial charge in [-0.25, -0.2) is 9.50 Å². The van der Waals surface area contributed by atoms with Gasteiger partial charge in [0.1, 0.15) is 11.4 Å². The van der Waals surface area contributed by atoms with Crippen LogP contribution in [0.1, 0.15) is 21.9 Å². The van der Waals surface area contributed by atoms with Crippen molar-refractivity contribution in [3.05, 3.63) is 53.5 Å². The predicted molar refractivity (Wildman–Crippen MR) is 83.8 cm³/mol. The highest BCUT2D eigenvalue weighted by Gasteiger charge is 2.35. The Bertz CT molecular complexity index is 1020. The molecule has 28 heavy (non-hydrogen) atoms. The zero-order valence-electron chi connectivity index (χ0n) is 13.9. The van der Waals surface area contributed by atoms with Gasteiger partial charge in [-0.05, 0) is 37.3 Å². The van der Waals surface area contributed by atoms with E-state index in [9.17, 15) is 31.1 Å². The number of anilines is 1. The second-order valence-corrected chi connectivity index (χ2v) is 5.61. The van der Waals surface area contributed by atoms with Gasteiger partial charge in [0.2, 0.25) is 0 Å². The molecule has 0 atom stereocenters. The van der Waals surface area contributed by atoms with E-state index < -0.39 is 29.9 Å². The van der Waals surface area contributed by atoms with E-state index in [4.69, 9.17) is 0 Å². The van der Waals surface area contributed by atoms with E-state index in [0.29, 0.717) is 4.52 Å². The Morgan fingerprint density at radius 2 is 1.71 bits per heavy atom. The summed E-state index contributed by atoms with van der Waals surface area (Å²) in [6.45, 7) is 1.37. The first kappa shape index (κ1) is 19.5. The van der Waals surface area contributed by atoms with Crippen LogP contribution in [0.4, 0.5) is 32.0 Å². The molecule has 0 saturated carbocycles. The number of ether oxygens (including phenoxy) is 1. The zero-order chi connectivity index (χ0) is 20.7. The fourth-order valence-electron chi connectivity index (χ4n) is 2.35. The van der Waals surface area contributed by atoms with Crippen LogP contribution in [0.2, 0.25) is 0 Å². The summed E-state index contributed by atoms with van der Waals surface area (Å²) in [7, 11) is 0. The Balaban J connectivity index is 1.84. The smallest absolute Gasteiger partial charge is 0.406 e. The molecule has 2 heterocycles. The van der Waals surface area contributed by atoms with Crippen LogP contribution in [0, 0.1) is 6.92 Å². The largest absolute Gasteiger partial charge is 0.573 e. The van der Waals surface area contributed by atoms with Gasteiger partial charge in [0.15, 0.2) is 11.3 Å². The van der Waals surface area contributed by atoms with Crippen LogP contribution in [-0.4, -0.2) is 26.9 Å². The van der Waals surface area contributed by atoms with E-state index >= 15 is 0 Å². The maximum absolute atomic E-state index is 13.1. The van der Waals surface area contributed by atoms with Crippen molar-refractivity contribution in [3.8, 4) is 5.75 Å². The van der Waals surface area contributed by atoms with Gasteiger partial charge < -0.3 is 10.1 Å². The van der Waals surface area contributed by atoms with Crippen molar-refractivity contribution in [2.45, 2.75) is 19.5 Å². The summed E-state index contributed by atoms with van der Waals surface area (Å²) < 4.78 is 80.0. The van der Waals surface area contributed by atoms with Gasteiger partial charge in [0, 0.05) is 17.4 Å². The van der Waals surface area contributed by atoms with Gasteiger partial charge in [-0.15, -0.1) is 13.2 Å². The molecule has 1 amide bonds. The lowest BCUT2D eigenvalue weighted by Gasteiger charge is -2.09. The number of aryl methyl sites for hydroxylation is 1. The van der Waals surface area contributed by atoms with E-state index in [2.05, 4.69) is 20.1 Å². The Morgan fingerprint density at radius 3 is 2.29 bits per heavy atom. The molecule has 2 aromatic heterocycles. The van der Waals surface area contributed by atoms with Gasteiger partial charge in [-0.1, -0.05) is 0 Å². The second-order valence-electron chi connectivity index (χ2n) is 5.61. The fraction of sp³-hybridized carbons (Fsp3) is 0.188. The molecule has 0 radical (unpaired) electrons. The molecule has 1 N–H and O–H groups in total. The number of amides is 1. The number of fused-ring (bicyclic) bond motifs is 1. The second kappa shape index (κ2) is 6.69. The minimum absolute atomic E-state index is 0.0898. The van der Waals surface area contributed by atoms with E-state index in [1.807, 2.05) is 0 Å². The van der Waals surface area contributed by atoms with E-state index in [-0.39, 0.29) is 22.7 Å². The summed E-state index contributed by atoms with van der Waals surface area (Å²) in [6.07, 6.45) is -9.57. The molecule has 1 aromatic carbocycles. The first-order valence-electron chi connectivity index (χ1n) is 7.54.